The molecule has 1 saturated heterocycles. The van der Waals surface area contributed by atoms with Crippen LogP contribution in [0.1, 0.15) is 12.8 Å². The van der Waals surface area contributed by atoms with Crippen LogP contribution < -0.4 is 14.7 Å². The number of likely N-dealkylation sites (N-methyl/N-ethyl adjacent to an activating group) is 1. The molecule has 0 radical (unpaired) electrons. The van der Waals surface area contributed by atoms with Gasteiger partial charge < -0.3 is 14.7 Å². The van der Waals surface area contributed by atoms with Crippen LogP contribution in [0.15, 0.2) is 29.0 Å². The van der Waals surface area contributed by atoms with Gasteiger partial charge in [0.2, 0.25) is 5.95 Å². The van der Waals surface area contributed by atoms with Gasteiger partial charge in [0.25, 0.3) is 0 Å². The van der Waals surface area contributed by atoms with Gasteiger partial charge in [-0.05, 0) is 40.9 Å². The normalized spacial score (nSPS) is 17.5. The van der Waals surface area contributed by atoms with E-state index in [1.54, 1.807) is 12.4 Å². The molecule has 1 unspecified atom stereocenters. The number of anilines is 3. The Morgan fingerprint density at radius 3 is 2.80 bits per heavy atom. The minimum atomic E-state index is -0.302. The average molecular weight is 409 g/mol. The van der Waals surface area contributed by atoms with E-state index in [0.717, 1.165) is 25.2 Å². The second kappa shape index (κ2) is 7.51. The number of rotatable bonds is 4. The van der Waals surface area contributed by atoms with Crippen LogP contribution in [0.2, 0.25) is 0 Å². The predicted molar refractivity (Wildman–Crippen MR) is 102 cm³/mol. The summed E-state index contributed by atoms with van der Waals surface area (Å²) in [6, 6.07) is 3.54. The molecule has 25 heavy (non-hydrogen) atoms. The van der Waals surface area contributed by atoms with Crippen LogP contribution in [0, 0.1) is 5.82 Å². The SMILES string of the molecule is CN(C)c1ccnc(N(C)C2CCCN(c3ncc(Br)cc3F)C2)n1. The number of piperidine rings is 1. The summed E-state index contributed by atoms with van der Waals surface area (Å²) in [6.45, 7) is 1.49. The fraction of sp³-hybridized carbons (Fsp3) is 0.471. The maximum Gasteiger partial charge on any atom is 0.227 e. The topological polar surface area (TPSA) is 48.4 Å². The second-order valence-electron chi connectivity index (χ2n) is 6.42. The lowest BCUT2D eigenvalue weighted by atomic mass is 10.0. The zero-order chi connectivity index (χ0) is 18.0. The van der Waals surface area contributed by atoms with Crippen molar-refractivity contribution < 1.29 is 4.39 Å². The highest BCUT2D eigenvalue weighted by molar-refractivity contribution is 9.10. The molecule has 0 aliphatic carbocycles. The van der Waals surface area contributed by atoms with Crippen molar-refractivity contribution in [3.63, 3.8) is 0 Å². The molecule has 2 aromatic heterocycles. The number of pyridine rings is 1. The maximum absolute atomic E-state index is 14.2. The zero-order valence-corrected chi connectivity index (χ0v) is 16.2. The van der Waals surface area contributed by atoms with E-state index in [1.165, 1.54) is 6.07 Å². The molecule has 0 aromatic carbocycles. The van der Waals surface area contributed by atoms with Gasteiger partial charge in [-0.3, -0.25) is 0 Å². The summed E-state index contributed by atoms with van der Waals surface area (Å²) in [7, 11) is 5.90. The number of nitrogens with zero attached hydrogens (tertiary/aromatic N) is 6. The summed E-state index contributed by atoms with van der Waals surface area (Å²) in [6.07, 6.45) is 5.39. The quantitative estimate of drug-likeness (QED) is 0.774. The highest BCUT2D eigenvalue weighted by Crippen LogP contribution is 2.26. The predicted octanol–water partition coefficient (Wildman–Crippen LogP) is 2.94. The largest absolute Gasteiger partial charge is 0.363 e. The lowest BCUT2D eigenvalue weighted by molar-refractivity contribution is 0.473. The van der Waals surface area contributed by atoms with Crippen molar-refractivity contribution in [2.75, 3.05) is 48.9 Å². The number of aromatic nitrogens is 3. The van der Waals surface area contributed by atoms with Crippen LogP contribution in [0.3, 0.4) is 0 Å². The molecule has 1 aliphatic rings. The molecule has 3 rings (SSSR count). The minimum Gasteiger partial charge on any atom is -0.363 e. The van der Waals surface area contributed by atoms with Gasteiger partial charge in [0.1, 0.15) is 5.82 Å². The third-order valence-corrected chi connectivity index (χ3v) is 4.87. The van der Waals surface area contributed by atoms with E-state index >= 15 is 0 Å². The first-order valence-corrected chi connectivity index (χ1v) is 9.04. The molecule has 8 heteroatoms. The van der Waals surface area contributed by atoms with Crippen LogP contribution in [0.25, 0.3) is 0 Å². The Morgan fingerprint density at radius 2 is 2.08 bits per heavy atom. The van der Waals surface area contributed by atoms with Gasteiger partial charge in [-0.25, -0.2) is 14.4 Å². The first-order chi connectivity index (χ1) is 12.0. The molecule has 1 fully saturated rings. The van der Waals surface area contributed by atoms with Crippen molar-refractivity contribution >= 4 is 33.5 Å². The van der Waals surface area contributed by atoms with Gasteiger partial charge in [0.05, 0.1) is 0 Å². The van der Waals surface area contributed by atoms with Crippen LogP contribution in [0.5, 0.6) is 0 Å². The van der Waals surface area contributed by atoms with Gasteiger partial charge in [0.15, 0.2) is 11.6 Å². The molecule has 0 saturated carbocycles. The van der Waals surface area contributed by atoms with Gasteiger partial charge in [-0.15, -0.1) is 0 Å². The Bertz CT molecular complexity index is 741. The summed E-state index contributed by atoms with van der Waals surface area (Å²) < 4.78 is 14.9. The number of hydrogen-bond acceptors (Lipinski definition) is 6. The summed E-state index contributed by atoms with van der Waals surface area (Å²) >= 11 is 3.25. The van der Waals surface area contributed by atoms with E-state index in [9.17, 15) is 4.39 Å². The van der Waals surface area contributed by atoms with Crippen LogP contribution in [0.4, 0.5) is 22.0 Å². The van der Waals surface area contributed by atoms with E-state index < -0.39 is 0 Å². The fourth-order valence-corrected chi connectivity index (χ4v) is 3.33. The Hall–Kier alpha value is -1.96. The molecule has 0 bridgehead atoms. The van der Waals surface area contributed by atoms with Gasteiger partial charge >= 0.3 is 0 Å². The molecule has 0 spiro atoms. The Balaban J connectivity index is 1.77. The number of halogens is 2. The Kier molecular flexibility index (Phi) is 5.36. The van der Waals surface area contributed by atoms with Crippen molar-refractivity contribution in [3.8, 4) is 0 Å². The fourth-order valence-electron chi connectivity index (χ4n) is 3.02. The molecule has 0 N–H and O–H groups in total. The van der Waals surface area contributed by atoms with E-state index in [1.807, 2.05) is 37.0 Å². The molecule has 1 atom stereocenters. The minimum absolute atomic E-state index is 0.205. The van der Waals surface area contributed by atoms with Crippen molar-refractivity contribution in [3.05, 3.63) is 34.8 Å². The summed E-state index contributed by atoms with van der Waals surface area (Å²) in [5, 5.41) is 0. The molecular weight excluding hydrogens is 387 g/mol. The van der Waals surface area contributed by atoms with Crippen molar-refractivity contribution in [2.45, 2.75) is 18.9 Å². The maximum atomic E-state index is 14.2. The van der Waals surface area contributed by atoms with Crippen LogP contribution in [-0.2, 0) is 0 Å². The van der Waals surface area contributed by atoms with E-state index in [0.29, 0.717) is 22.8 Å². The molecule has 2 aromatic rings. The van der Waals surface area contributed by atoms with Crippen LogP contribution >= 0.6 is 15.9 Å². The first kappa shape index (κ1) is 17.8. The molecule has 1 aliphatic heterocycles. The average Bonchev–Trinajstić information content (AvgIpc) is 2.61. The van der Waals surface area contributed by atoms with Gasteiger partial charge in [-0.2, -0.15) is 4.98 Å². The summed E-state index contributed by atoms with van der Waals surface area (Å²) in [4.78, 5) is 19.3. The van der Waals surface area contributed by atoms with Crippen molar-refractivity contribution in [1.82, 2.24) is 15.0 Å². The van der Waals surface area contributed by atoms with Crippen molar-refractivity contribution in [1.29, 1.82) is 0 Å². The molecular formula is C17H22BrFN6. The van der Waals surface area contributed by atoms with E-state index in [-0.39, 0.29) is 11.9 Å². The Morgan fingerprint density at radius 1 is 1.28 bits per heavy atom. The third-order valence-electron chi connectivity index (χ3n) is 4.43. The molecule has 134 valence electrons. The molecule has 0 amide bonds. The highest BCUT2D eigenvalue weighted by atomic mass is 79.9. The molecule has 3 heterocycles. The standard InChI is InChI=1S/C17H22BrFN6/c1-23(2)15-6-7-20-17(22-15)24(3)13-5-4-8-25(11-13)16-14(19)9-12(18)10-21-16/h6-7,9-10,13H,4-5,8,11H2,1-3H3. The highest BCUT2D eigenvalue weighted by Gasteiger charge is 2.27. The van der Waals surface area contributed by atoms with Gasteiger partial charge in [-0.1, -0.05) is 0 Å². The van der Waals surface area contributed by atoms with Gasteiger partial charge in [0, 0.05) is 57.1 Å². The second-order valence-corrected chi connectivity index (χ2v) is 7.34. The zero-order valence-electron chi connectivity index (χ0n) is 14.7. The van der Waals surface area contributed by atoms with Crippen molar-refractivity contribution in [2.24, 2.45) is 0 Å². The van der Waals surface area contributed by atoms with Crippen LogP contribution in [-0.4, -0.2) is 55.2 Å². The lowest BCUT2D eigenvalue weighted by Crippen LogP contribution is -2.47. The number of hydrogen-bond donors (Lipinski definition) is 0. The monoisotopic (exact) mass is 408 g/mol. The van der Waals surface area contributed by atoms with E-state index in [4.69, 9.17) is 0 Å². The lowest BCUT2D eigenvalue weighted by Gasteiger charge is -2.38. The summed E-state index contributed by atoms with van der Waals surface area (Å²) in [5.74, 6) is 1.65. The Labute approximate surface area is 155 Å². The molecule has 6 nitrogen and oxygen atoms in total. The third kappa shape index (κ3) is 4.00. The van der Waals surface area contributed by atoms with E-state index in [2.05, 4.69) is 35.8 Å². The first-order valence-electron chi connectivity index (χ1n) is 8.25. The summed E-state index contributed by atoms with van der Waals surface area (Å²) in [5.41, 5.74) is 0. The smallest absolute Gasteiger partial charge is 0.227 e.